The molecule has 0 saturated carbocycles. The van der Waals surface area contributed by atoms with Gasteiger partial charge in [-0.15, -0.1) is 5.10 Å². The molecule has 1 saturated heterocycles. The van der Waals surface area contributed by atoms with E-state index in [1.54, 1.807) is 23.6 Å². The monoisotopic (exact) mass is 419 g/mol. The number of ether oxygens (including phenoxy) is 2. The van der Waals surface area contributed by atoms with E-state index in [2.05, 4.69) is 23.1 Å². The van der Waals surface area contributed by atoms with E-state index in [9.17, 15) is 5.11 Å². The molecule has 4 rings (SSSR count). The summed E-state index contributed by atoms with van der Waals surface area (Å²) in [5.74, 6) is 2.24. The third-order valence-corrected chi connectivity index (χ3v) is 6.90. The van der Waals surface area contributed by atoms with Crippen LogP contribution in [0.5, 0.6) is 17.4 Å². The number of rotatable bonds is 6. The molecular weight excluding hydrogens is 390 g/mol. The first-order valence-electron chi connectivity index (χ1n) is 10.0. The van der Waals surface area contributed by atoms with Crippen LogP contribution in [0.25, 0.3) is 4.96 Å². The largest absolute Gasteiger partial charge is 0.493 e. The predicted molar refractivity (Wildman–Crippen MR) is 111 cm³/mol. The molecule has 0 unspecified atom stereocenters. The van der Waals surface area contributed by atoms with E-state index in [0.29, 0.717) is 17.3 Å². The van der Waals surface area contributed by atoms with E-state index in [4.69, 9.17) is 9.47 Å². The molecule has 9 heteroatoms. The first-order valence-corrected chi connectivity index (χ1v) is 10.8. The number of fused-ring (bicyclic) bond motifs is 1. The van der Waals surface area contributed by atoms with Crippen LogP contribution in [0, 0.1) is 6.92 Å². The van der Waals surface area contributed by atoms with Crippen LogP contribution in [-0.4, -0.2) is 66.6 Å². The lowest BCUT2D eigenvalue weighted by Crippen LogP contribution is -3.28. The molecule has 1 fully saturated rings. The van der Waals surface area contributed by atoms with Crippen molar-refractivity contribution < 1.29 is 24.4 Å². The number of quaternary nitrogens is 2. The maximum atomic E-state index is 11.0. The fourth-order valence-corrected chi connectivity index (χ4v) is 5.39. The Balaban J connectivity index is 1.79. The number of nitrogens with one attached hydrogen (secondary N) is 2. The van der Waals surface area contributed by atoms with Gasteiger partial charge in [0, 0.05) is 5.56 Å². The van der Waals surface area contributed by atoms with Gasteiger partial charge in [0.2, 0.25) is 10.8 Å². The number of methoxy groups -OCH3 is 2. The molecule has 29 heavy (non-hydrogen) atoms. The number of hydrogen-bond donors (Lipinski definition) is 3. The van der Waals surface area contributed by atoms with E-state index < -0.39 is 0 Å². The van der Waals surface area contributed by atoms with E-state index in [0.717, 1.165) is 48.1 Å². The molecule has 1 aliphatic rings. The molecule has 1 atom stereocenters. The minimum Gasteiger partial charge on any atom is -0.493 e. The Labute approximate surface area is 174 Å². The zero-order valence-electron chi connectivity index (χ0n) is 17.4. The van der Waals surface area contributed by atoms with Gasteiger partial charge in [0.1, 0.15) is 36.9 Å². The standard InChI is InChI=1S/C20H27N5O3S/c1-5-23-8-10-24(11-9-23)17(14-6-7-15(27-3)16(12-14)28-4)18-19(26)25-20(29-18)21-13(2)22-25/h6-7,12,17,26H,5,8-11H2,1-4H3/p+2/t17-/m0/s1. The Morgan fingerprint density at radius 3 is 2.52 bits per heavy atom. The van der Waals surface area contributed by atoms with Crippen LogP contribution in [0.4, 0.5) is 0 Å². The zero-order chi connectivity index (χ0) is 20.5. The highest BCUT2D eigenvalue weighted by Crippen LogP contribution is 2.37. The molecule has 156 valence electrons. The summed E-state index contributed by atoms with van der Waals surface area (Å²) in [6.07, 6.45) is 0. The number of thiazole rings is 1. The van der Waals surface area contributed by atoms with Crippen LogP contribution < -0.4 is 19.3 Å². The summed E-state index contributed by atoms with van der Waals surface area (Å²) >= 11 is 1.51. The van der Waals surface area contributed by atoms with Crippen molar-refractivity contribution in [3.8, 4) is 17.4 Å². The number of benzene rings is 1. The van der Waals surface area contributed by atoms with E-state index in [-0.39, 0.29) is 11.9 Å². The second kappa shape index (κ2) is 8.17. The third kappa shape index (κ3) is 3.65. The molecule has 3 aromatic rings. The maximum Gasteiger partial charge on any atom is 0.235 e. The number of nitrogens with zero attached hydrogens (tertiary/aromatic N) is 3. The first-order chi connectivity index (χ1) is 14.0. The van der Waals surface area contributed by atoms with E-state index in [1.165, 1.54) is 16.2 Å². The van der Waals surface area contributed by atoms with Crippen molar-refractivity contribution >= 4 is 16.3 Å². The first kappa shape index (κ1) is 19.9. The Morgan fingerprint density at radius 2 is 1.90 bits per heavy atom. The summed E-state index contributed by atoms with van der Waals surface area (Å²) in [6.45, 7) is 9.54. The molecule has 8 nitrogen and oxygen atoms in total. The van der Waals surface area contributed by atoms with Crippen molar-refractivity contribution in [1.82, 2.24) is 14.6 Å². The van der Waals surface area contributed by atoms with Gasteiger partial charge in [-0.1, -0.05) is 11.3 Å². The van der Waals surface area contributed by atoms with Gasteiger partial charge in [-0.25, -0.2) is 4.98 Å². The molecule has 0 bridgehead atoms. The lowest BCUT2D eigenvalue weighted by molar-refractivity contribution is -1.02. The summed E-state index contributed by atoms with van der Waals surface area (Å²) in [6, 6.07) is 6.02. The zero-order valence-corrected chi connectivity index (χ0v) is 18.2. The molecular formula is C20H29N5O3S+2. The Morgan fingerprint density at radius 1 is 1.17 bits per heavy atom. The summed E-state index contributed by atoms with van der Waals surface area (Å²) in [7, 11) is 3.29. The fraction of sp³-hybridized carbons (Fsp3) is 0.500. The number of aryl methyl sites for hydroxylation is 1. The van der Waals surface area contributed by atoms with Crippen LogP contribution in [0.1, 0.15) is 29.2 Å². The van der Waals surface area contributed by atoms with E-state index >= 15 is 0 Å². The normalized spacial score (nSPS) is 20.7. The average molecular weight is 420 g/mol. The highest BCUT2D eigenvalue weighted by Gasteiger charge is 2.36. The number of likely N-dealkylation sites (N-methyl/N-ethyl adjacent to an activating group) is 1. The Bertz CT molecular complexity index is 994. The third-order valence-electron chi connectivity index (χ3n) is 5.82. The lowest BCUT2D eigenvalue weighted by Gasteiger charge is -2.34. The lowest BCUT2D eigenvalue weighted by atomic mass is 10.0. The van der Waals surface area contributed by atoms with Gasteiger partial charge < -0.3 is 24.4 Å². The van der Waals surface area contributed by atoms with Gasteiger partial charge in [-0.05, 0) is 32.0 Å². The molecule has 0 spiro atoms. The summed E-state index contributed by atoms with van der Waals surface area (Å²) < 4.78 is 12.5. The number of piperazine rings is 1. The van der Waals surface area contributed by atoms with Crippen molar-refractivity contribution in [2.75, 3.05) is 46.9 Å². The molecule has 1 aliphatic heterocycles. The van der Waals surface area contributed by atoms with Crippen LogP contribution in [0.2, 0.25) is 0 Å². The van der Waals surface area contributed by atoms with Gasteiger partial charge in [0.15, 0.2) is 17.5 Å². The SMILES string of the molecule is CC[NH+]1CC[NH+]([C@@H](c2ccc(OC)c(OC)c2)c2sc3nc(C)nn3c2O)CC1. The molecule has 1 aromatic carbocycles. The van der Waals surface area contributed by atoms with Crippen molar-refractivity contribution in [2.45, 2.75) is 19.9 Å². The van der Waals surface area contributed by atoms with E-state index in [1.807, 2.05) is 19.1 Å². The topological polar surface area (TPSA) is 77.8 Å². The molecule has 0 aliphatic carbocycles. The molecule has 2 aromatic heterocycles. The molecule has 0 amide bonds. The number of hydrogen-bond acceptors (Lipinski definition) is 6. The Kier molecular flexibility index (Phi) is 5.62. The number of aromatic hydroxyl groups is 1. The fourth-order valence-electron chi connectivity index (χ4n) is 4.21. The quantitative estimate of drug-likeness (QED) is 0.512. The van der Waals surface area contributed by atoms with Crippen molar-refractivity contribution in [3.05, 3.63) is 34.5 Å². The van der Waals surface area contributed by atoms with Crippen molar-refractivity contribution in [3.63, 3.8) is 0 Å². The highest BCUT2D eigenvalue weighted by atomic mass is 32.1. The second-order valence-corrected chi connectivity index (χ2v) is 8.46. The van der Waals surface area contributed by atoms with Crippen LogP contribution >= 0.6 is 11.3 Å². The van der Waals surface area contributed by atoms with Gasteiger partial charge in [-0.3, -0.25) is 0 Å². The minimum atomic E-state index is -0.0120. The van der Waals surface area contributed by atoms with Crippen molar-refractivity contribution in [2.24, 2.45) is 0 Å². The minimum absolute atomic E-state index is 0.0120. The van der Waals surface area contributed by atoms with Gasteiger partial charge in [0.05, 0.1) is 20.8 Å². The molecule has 3 N–H and O–H groups in total. The summed E-state index contributed by atoms with van der Waals surface area (Å²) in [4.78, 5) is 9.13. The summed E-state index contributed by atoms with van der Waals surface area (Å²) in [5, 5.41) is 15.3. The smallest absolute Gasteiger partial charge is 0.235 e. The number of aromatic nitrogens is 3. The van der Waals surface area contributed by atoms with Crippen LogP contribution in [0.3, 0.4) is 0 Å². The van der Waals surface area contributed by atoms with Gasteiger partial charge in [-0.2, -0.15) is 4.52 Å². The van der Waals surface area contributed by atoms with Crippen LogP contribution in [0.15, 0.2) is 18.2 Å². The van der Waals surface area contributed by atoms with Gasteiger partial charge in [0.25, 0.3) is 0 Å². The average Bonchev–Trinajstić information content (AvgIpc) is 3.25. The van der Waals surface area contributed by atoms with Gasteiger partial charge >= 0.3 is 0 Å². The maximum absolute atomic E-state index is 11.0. The van der Waals surface area contributed by atoms with Crippen LogP contribution in [-0.2, 0) is 0 Å². The van der Waals surface area contributed by atoms with Crippen molar-refractivity contribution in [1.29, 1.82) is 0 Å². The Hall–Kier alpha value is -2.36. The highest BCUT2D eigenvalue weighted by molar-refractivity contribution is 7.17. The molecule has 3 heterocycles. The second-order valence-electron chi connectivity index (χ2n) is 7.45. The molecule has 0 radical (unpaired) electrons. The summed E-state index contributed by atoms with van der Waals surface area (Å²) in [5.41, 5.74) is 1.09. The predicted octanol–water partition coefficient (Wildman–Crippen LogP) is -0.285.